The van der Waals surface area contributed by atoms with Gasteiger partial charge >= 0.3 is 0 Å². The van der Waals surface area contributed by atoms with Gasteiger partial charge in [-0.3, -0.25) is 4.79 Å². The van der Waals surface area contributed by atoms with Crippen LogP contribution in [0.5, 0.6) is 0 Å². The number of benzene rings is 3. The number of aromatic nitrogens is 2. The van der Waals surface area contributed by atoms with Crippen molar-refractivity contribution in [2.45, 2.75) is 6.92 Å². The van der Waals surface area contributed by atoms with Crippen LogP contribution >= 0.6 is 15.9 Å². The number of para-hydroxylation sites is 2. The Balaban J connectivity index is 1.82. The van der Waals surface area contributed by atoms with Crippen LogP contribution in [0, 0.1) is 6.92 Å². The molecule has 6 heteroatoms. The second-order valence-corrected chi connectivity index (χ2v) is 7.22. The Labute approximate surface area is 170 Å². The van der Waals surface area contributed by atoms with E-state index >= 15 is 0 Å². The van der Waals surface area contributed by atoms with Gasteiger partial charge in [0.05, 0.1) is 22.8 Å². The van der Waals surface area contributed by atoms with Crippen molar-refractivity contribution in [2.75, 3.05) is 5.43 Å². The molecule has 0 saturated heterocycles. The molecule has 0 aliphatic rings. The molecule has 0 unspecified atom stereocenters. The maximum Gasteiger partial charge on any atom is 0.267 e. The normalized spacial score (nSPS) is 11.2. The lowest BCUT2D eigenvalue weighted by Crippen LogP contribution is -2.23. The van der Waals surface area contributed by atoms with E-state index in [2.05, 4.69) is 31.4 Å². The Bertz CT molecular complexity index is 1230. The first kappa shape index (κ1) is 18.1. The van der Waals surface area contributed by atoms with Gasteiger partial charge in [-0.15, -0.1) is 0 Å². The van der Waals surface area contributed by atoms with Crippen molar-refractivity contribution in [3.8, 4) is 5.69 Å². The molecule has 0 fully saturated rings. The number of aryl methyl sites for hydroxylation is 1. The van der Waals surface area contributed by atoms with Crippen molar-refractivity contribution in [1.29, 1.82) is 0 Å². The summed E-state index contributed by atoms with van der Waals surface area (Å²) in [6, 6.07) is 22.8. The van der Waals surface area contributed by atoms with Gasteiger partial charge in [0.1, 0.15) is 0 Å². The van der Waals surface area contributed by atoms with E-state index in [1.165, 1.54) is 0 Å². The Morgan fingerprint density at radius 2 is 1.71 bits per heavy atom. The molecular formula is C22H17BrN4O. The molecule has 138 valence electrons. The van der Waals surface area contributed by atoms with Crippen LogP contribution in [0.25, 0.3) is 16.6 Å². The number of nitrogens with one attached hydrogen (secondary N) is 1. The zero-order valence-electron chi connectivity index (χ0n) is 15.1. The number of hydrogen-bond acceptors (Lipinski definition) is 4. The summed E-state index contributed by atoms with van der Waals surface area (Å²) < 4.78 is 2.57. The van der Waals surface area contributed by atoms with E-state index in [0.29, 0.717) is 16.9 Å². The molecular weight excluding hydrogens is 416 g/mol. The number of nitrogens with zero attached hydrogens (tertiary/aromatic N) is 3. The molecule has 4 aromatic rings. The summed E-state index contributed by atoms with van der Waals surface area (Å²) in [6.07, 6.45) is 1.69. The molecule has 4 rings (SSSR count). The Kier molecular flexibility index (Phi) is 5.04. The van der Waals surface area contributed by atoms with Crippen LogP contribution in [0.3, 0.4) is 0 Å². The first-order chi connectivity index (χ1) is 13.6. The smallest absolute Gasteiger partial charge is 0.267 e. The lowest BCUT2D eigenvalue weighted by atomic mass is 10.2. The van der Waals surface area contributed by atoms with Crippen molar-refractivity contribution in [1.82, 2.24) is 9.55 Å². The highest BCUT2D eigenvalue weighted by Crippen LogP contribution is 2.19. The van der Waals surface area contributed by atoms with Gasteiger partial charge < -0.3 is 0 Å². The molecule has 5 nitrogen and oxygen atoms in total. The van der Waals surface area contributed by atoms with Crippen LogP contribution < -0.4 is 11.0 Å². The number of anilines is 1. The minimum absolute atomic E-state index is 0.138. The SMILES string of the molecule is Cc1ccccc1-n1c(N/N=C/c2ccc(Br)cc2)nc2ccccc2c1=O. The van der Waals surface area contributed by atoms with Crippen LogP contribution in [0.1, 0.15) is 11.1 Å². The predicted molar refractivity (Wildman–Crippen MR) is 117 cm³/mol. The van der Waals surface area contributed by atoms with Crippen LogP contribution in [-0.4, -0.2) is 15.8 Å². The highest BCUT2D eigenvalue weighted by Gasteiger charge is 2.13. The minimum Gasteiger partial charge on any atom is -0.268 e. The molecule has 1 N–H and O–H groups in total. The van der Waals surface area contributed by atoms with Gasteiger partial charge in [-0.1, -0.05) is 58.4 Å². The van der Waals surface area contributed by atoms with Gasteiger partial charge in [-0.05, 0) is 48.4 Å². The second-order valence-electron chi connectivity index (χ2n) is 6.30. The van der Waals surface area contributed by atoms with Gasteiger partial charge in [0.25, 0.3) is 5.56 Å². The van der Waals surface area contributed by atoms with E-state index in [9.17, 15) is 4.79 Å². The standard InChI is InChI=1S/C22H17BrN4O/c1-15-6-2-5-9-20(15)27-21(28)18-7-3-4-8-19(18)25-22(27)26-24-14-16-10-12-17(23)13-11-16/h2-14H,1H3,(H,25,26)/b24-14+. The van der Waals surface area contributed by atoms with E-state index in [1.807, 2.05) is 73.7 Å². The maximum atomic E-state index is 13.2. The third-order valence-corrected chi connectivity index (χ3v) is 4.91. The molecule has 0 aliphatic carbocycles. The van der Waals surface area contributed by atoms with Gasteiger partial charge in [0.2, 0.25) is 5.95 Å². The zero-order chi connectivity index (χ0) is 19.5. The molecule has 0 aliphatic heterocycles. The highest BCUT2D eigenvalue weighted by atomic mass is 79.9. The van der Waals surface area contributed by atoms with Gasteiger partial charge in [-0.25, -0.2) is 15.0 Å². The molecule has 0 saturated carbocycles. The molecule has 0 radical (unpaired) electrons. The predicted octanol–water partition coefficient (Wildman–Crippen LogP) is 4.90. The number of hydrogen-bond donors (Lipinski definition) is 1. The molecule has 0 amide bonds. The van der Waals surface area contributed by atoms with E-state index in [-0.39, 0.29) is 5.56 Å². The first-order valence-corrected chi connectivity index (χ1v) is 9.55. The van der Waals surface area contributed by atoms with Gasteiger partial charge in [0, 0.05) is 4.47 Å². The number of fused-ring (bicyclic) bond motifs is 1. The summed E-state index contributed by atoms with van der Waals surface area (Å²) in [5, 5.41) is 4.86. The Morgan fingerprint density at radius 3 is 2.50 bits per heavy atom. The minimum atomic E-state index is -0.138. The Morgan fingerprint density at radius 1 is 1.00 bits per heavy atom. The zero-order valence-corrected chi connectivity index (χ0v) is 16.7. The van der Waals surface area contributed by atoms with Crippen molar-refractivity contribution in [2.24, 2.45) is 5.10 Å². The fourth-order valence-corrected chi connectivity index (χ4v) is 3.22. The fraction of sp³-hybridized carbons (Fsp3) is 0.0455. The van der Waals surface area contributed by atoms with E-state index < -0.39 is 0 Å². The summed E-state index contributed by atoms with van der Waals surface area (Å²) in [5.41, 5.74) is 6.11. The quantitative estimate of drug-likeness (QED) is 0.368. The number of rotatable bonds is 4. The number of hydrazone groups is 1. The molecule has 0 spiro atoms. The lowest BCUT2D eigenvalue weighted by molar-refractivity contribution is 0.947. The van der Waals surface area contributed by atoms with Crippen LogP contribution in [-0.2, 0) is 0 Å². The van der Waals surface area contributed by atoms with E-state index in [0.717, 1.165) is 21.3 Å². The Hall–Kier alpha value is -3.25. The second kappa shape index (κ2) is 7.78. The van der Waals surface area contributed by atoms with E-state index in [4.69, 9.17) is 0 Å². The monoisotopic (exact) mass is 432 g/mol. The average Bonchev–Trinajstić information content (AvgIpc) is 2.71. The third-order valence-electron chi connectivity index (χ3n) is 4.38. The van der Waals surface area contributed by atoms with Crippen molar-refractivity contribution in [3.63, 3.8) is 0 Å². The maximum absolute atomic E-state index is 13.2. The van der Waals surface area contributed by atoms with Crippen molar-refractivity contribution < 1.29 is 0 Å². The lowest BCUT2D eigenvalue weighted by Gasteiger charge is -2.14. The van der Waals surface area contributed by atoms with E-state index in [1.54, 1.807) is 16.8 Å². The first-order valence-electron chi connectivity index (χ1n) is 8.76. The van der Waals surface area contributed by atoms with Crippen molar-refractivity contribution in [3.05, 3.63) is 98.7 Å². The molecule has 0 bridgehead atoms. The molecule has 3 aromatic carbocycles. The van der Waals surface area contributed by atoms with Crippen LogP contribution in [0.2, 0.25) is 0 Å². The van der Waals surface area contributed by atoms with Gasteiger partial charge in [-0.2, -0.15) is 5.10 Å². The third kappa shape index (κ3) is 3.59. The largest absolute Gasteiger partial charge is 0.268 e. The van der Waals surface area contributed by atoms with Crippen LogP contribution in [0.15, 0.2) is 87.2 Å². The molecule has 1 heterocycles. The molecule has 0 atom stereocenters. The topological polar surface area (TPSA) is 59.3 Å². The molecule has 1 aromatic heterocycles. The summed E-state index contributed by atoms with van der Waals surface area (Å²) in [5.74, 6) is 0.367. The summed E-state index contributed by atoms with van der Waals surface area (Å²) in [7, 11) is 0. The number of halogens is 1. The summed E-state index contributed by atoms with van der Waals surface area (Å²) in [6.45, 7) is 1.96. The van der Waals surface area contributed by atoms with Gasteiger partial charge in [0.15, 0.2) is 0 Å². The summed E-state index contributed by atoms with van der Waals surface area (Å²) >= 11 is 3.42. The van der Waals surface area contributed by atoms with Crippen molar-refractivity contribution >= 4 is 39.0 Å². The highest BCUT2D eigenvalue weighted by molar-refractivity contribution is 9.10. The fourth-order valence-electron chi connectivity index (χ4n) is 2.96. The van der Waals surface area contributed by atoms with Crippen LogP contribution in [0.4, 0.5) is 5.95 Å². The average molecular weight is 433 g/mol. The summed E-state index contributed by atoms with van der Waals surface area (Å²) in [4.78, 5) is 17.8. The molecule has 28 heavy (non-hydrogen) atoms.